The van der Waals surface area contributed by atoms with Crippen molar-refractivity contribution in [2.75, 3.05) is 11.9 Å². The number of alkyl halides is 1. The second kappa shape index (κ2) is 7.48. The summed E-state index contributed by atoms with van der Waals surface area (Å²) in [6.07, 6.45) is 0. The molecule has 0 atom stereocenters. The third kappa shape index (κ3) is 4.22. The predicted molar refractivity (Wildman–Crippen MR) is 88.1 cm³/mol. The van der Waals surface area contributed by atoms with Crippen LogP contribution in [0.15, 0.2) is 48.5 Å². The monoisotopic (exact) mass is 367 g/mol. The average Bonchev–Trinajstić information content (AvgIpc) is 2.49. The first-order valence-electron chi connectivity index (χ1n) is 6.49. The van der Waals surface area contributed by atoms with Crippen LogP contribution in [-0.2, 0) is 6.54 Å². The summed E-state index contributed by atoms with van der Waals surface area (Å²) in [6.45, 7) is 1.02. The predicted octanol–water partition coefficient (Wildman–Crippen LogP) is 4.08. The van der Waals surface area contributed by atoms with Crippen molar-refractivity contribution in [1.29, 1.82) is 0 Å². The number of benzene rings is 2. The molecule has 0 saturated heterocycles. The Labute approximate surface area is 137 Å². The van der Waals surface area contributed by atoms with Crippen LogP contribution >= 0.6 is 27.5 Å². The minimum atomic E-state index is -0.238. The molecule has 0 heterocycles. The van der Waals surface area contributed by atoms with Crippen molar-refractivity contribution in [3.05, 3.63) is 64.7 Å². The molecular weight excluding hydrogens is 354 g/mol. The molecule has 2 rings (SSSR count). The van der Waals surface area contributed by atoms with Gasteiger partial charge in [-0.1, -0.05) is 57.9 Å². The van der Waals surface area contributed by atoms with Crippen molar-refractivity contribution in [3.8, 4) is 5.75 Å². The molecule has 0 radical (unpaired) electrons. The highest BCUT2D eigenvalue weighted by molar-refractivity contribution is 9.09. The number of nitrogens with zero attached hydrogens (tertiary/aromatic N) is 1. The second-order valence-electron chi connectivity index (χ2n) is 4.56. The molecule has 1 N–H and O–H groups in total. The Balaban J connectivity index is 2.25. The Bertz CT molecular complexity index is 619. The SMILES string of the molecule is O=C(c1cc(Cl)ccc1O)N(CCBr)Cc1ccccc1. The first kappa shape index (κ1) is 15.9. The van der Waals surface area contributed by atoms with Crippen molar-refractivity contribution < 1.29 is 9.90 Å². The maximum Gasteiger partial charge on any atom is 0.257 e. The second-order valence-corrected chi connectivity index (χ2v) is 5.79. The molecule has 0 bridgehead atoms. The molecule has 0 aliphatic rings. The number of carbonyl (C=O) groups excluding carboxylic acids is 1. The standard InChI is InChI=1S/C16H15BrClNO2/c17-8-9-19(11-12-4-2-1-3-5-12)16(21)14-10-13(18)6-7-15(14)20/h1-7,10,20H,8-9,11H2. The molecule has 0 spiro atoms. The molecule has 0 saturated carbocycles. The Morgan fingerprint density at radius 3 is 2.57 bits per heavy atom. The Morgan fingerprint density at radius 1 is 1.19 bits per heavy atom. The van der Waals surface area contributed by atoms with Crippen molar-refractivity contribution >= 4 is 33.4 Å². The van der Waals surface area contributed by atoms with Gasteiger partial charge in [0.15, 0.2) is 0 Å². The van der Waals surface area contributed by atoms with Crippen molar-refractivity contribution in [2.24, 2.45) is 0 Å². The summed E-state index contributed by atoms with van der Waals surface area (Å²) in [7, 11) is 0. The number of hydrogen-bond acceptors (Lipinski definition) is 2. The van der Waals surface area contributed by atoms with Crippen molar-refractivity contribution in [3.63, 3.8) is 0 Å². The minimum absolute atomic E-state index is 0.0583. The van der Waals surface area contributed by atoms with Crippen LogP contribution in [0.25, 0.3) is 0 Å². The zero-order valence-electron chi connectivity index (χ0n) is 11.3. The lowest BCUT2D eigenvalue weighted by atomic mass is 10.1. The van der Waals surface area contributed by atoms with E-state index in [1.54, 1.807) is 11.0 Å². The van der Waals surface area contributed by atoms with E-state index in [0.29, 0.717) is 23.4 Å². The largest absolute Gasteiger partial charge is 0.507 e. The molecule has 0 aromatic heterocycles. The van der Waals surface area contributed by atoms with E-state index in [0.717, 1.165) is 5.56 Å². The fourth-order valence-corrected chi connectivity index (χ4v) is 2.61. The van der Waals surface area contributed by atoms with Gasteiger partial charge >= 0.3 is 0 Å². The van der Waals surface area contributed by atoms with Gasteiger partial charge in [-0.15, -0.1) is 0 Å². The number of carbonyl (C=O) groups is 1. The Morgan fingerprint density at radius 2 is 1.90 bits per heavy atom. The molecule has 0 aliphatic heterocycles. The lowest BCUT2D eigenvalue weighted by molar-refractivity contribution is 0.0751. The van der Waals surface area contributed by atoms with Gasteiger partial charge < -0.3 is 10.0 Å². The van der Waals surface area contributed by atoms with Crippen LogP contribution in [0, 0.1) is 0 Å². The van der Waals surface area contributed by atoms with Crippen LogP contribution in [0.5, 0.6) is 5.75 Å². The van der Waals surface area contributed by atoms with Gasteiger partial charge in [0.1, 0.15) is 5.75 Å². The quantitative estimate of drug-likeness (QED) is 0.808. The van der Waals surface area contributed by atoms with Crippen LogP contribution in [-0.4, -0.2) is 27.8 Å². The van der Waals surface area contributed by atoms with Gasteiger partial charge in [0.2, 0.25) is 0 Å². The molecule has 0 fully saturated rings. The van der Waals surface area contributed by atoms with Gasteiger partial charge in [-0.05, 0) is 23.8 Å². The van der Waals surface area contributed by atoms with Crippen LogP contribution in [0.4, 0.5) is 0 Å². The van der Waals surface area contributed by atoms with Crippen molar-refractivity contribution in [2.45, 2.75) is 6.54 Å². The molecule has 0 unspecified atom stereocenters. The van der Waals surface area contributed by atoms with E-state index in [1.165, 1.54) is 12.1 Å². The Kier molecular flexibility index (Phi) is 5.65. The highest BCUT2D eigenvalue weighted by atomic mass is 79.9. The summed E-state index contributed by atoms with van der Waals surface area (Å²) < 4.78 is 0. The lowest BCUT2D eigenvalue weighted by Gasteiger charge is -2.22. The normalized spacial score (nSPS) is 10.4. The summed E-state index contributed by atoms with van der Waals surface area (Å²) in [5, 5.41) is 11.0. The zero-order valence-corrected chi connectivity index (χ0v) is 13.6. The number of amides is 1. The number of phenols is 1. The first-order chi connectivity index (χ1) is 10.1. The van der Waals surface area contributed by atoms with E-state index in [9.17, 15) is 9.90 Å². The van der Waals surface area contributed by atoms with Gasteiger partial charge in [-0.3, -0.25) is 4.79 Å². The summed E-state index contributed by atoms with van der Waals surface area (Å²) in [4.78, 5) is 14.3. The fraction of sp³-hybridized carbons (Fsp3) is 0.188. The molecule has 0 aliphatic carbocycles. The molecule has 3 nitrogen and oxygen atoms in total. The van der Waals surface area contributed by atoms with Crippen LogP contribution < -0.4 is 0 Å². The number of phenolic OH excluding ortho intramolecular Hbond substituents is 1. The summed E-state index contributed by atoms with van der Waals surface area (Å²) in [5.74, 6) is -0.296. The summed E-state index contributed by atoms with van der Waals surface area (Å²) in [5.41, 5.74) is 1.26. The molecule has 5 heteroatoms. The van der Waals surface area contributed by atoms with Crippen molar-refractivity contribution in [1.82, 2.24) is 4.90 Å². The summed E-state index contributed by atoms with van der Waals surface area (Å²) >= 11 is 9.27. The van der Waals surface area contributed by atoms with Crippen LogP contribution in [0.3, 0.4) is 0 Å². The van der Waals surface area contributed by atoms with Gasteiger partial charge in [0.25, 0.3) is 5.91 Å². The van der Waals surface area contributed by atoms with Crippen LogP contribution in [0.2, 0.25) is 5.02 Å². The number of rotatable bonds is 5. The van der Waals surface area contributed by atoms with E-state index in [2.05, 4.69) is 15.9 Å². The third-order valence-corrected chi connectivity index (χ3v) is 3.64. The van der Waals surface area contributed by atoms with E-state index in [-0.39, 0.29) is 17.2 Å². The molecular formula is C16H15BrClNO2. The zero-order chi connectivity index (χ0) is 15.2. The first-order valence-corrected chi connectivity index (χ1v) is 7.99. The van der Waals surface area contributed by atoms with Gasteiger partial charge in [0, 0.05) is 23.4 Å². The van der Waals surface area contributed by atoms with E-state index in [1.807, 2.05) is 30.3 Å². The summed E-state index contributed by atoms with van der Waals surface area (Å²) in [6, 6.07) is 14.2. The van der Waals surface area contributed by atoms with Gasteiger partial charge in [-0.2, -0.15) is 0 Å². The van der Waals surface area contributed by atoms with Crippen LogP contribution in [0.1, 0.15) is 15.9 Å². The average molecular weight is 369 g/mol. The maximum atomic E-state index is 12.6. The molecule has 21 heavy (non-hydrogen) atoms. The molecule has 1 amide bonds. The maximum absolute atomic E-state index is 12.6. The topological polar surface area (TPSA) is 40.5 Å². The fourth-order valence-electron chi connectivity index (χ4n) is 2.01. The van der Waals surface area contributed by atoms with Gasteiger partial charge in [-0.25, -0.2) is 0 Å². The van der Waals surface area contributed by atoms with Gasteiger partial charge in [0.05, 0.1) is 5.56 Å². The number of halogens is 2. The smallest absolute Gasteiger partial charge is 0.257 e. The highest BCUT2D eigenvalue weighted by Crippen LogP contribution is 2.23. The molecule has 2 aromatic carbocycles. The number of aromatic hydroxyl groups is 1. The van der Waals surface area contributed by atoms with E-state index < -0.39 is 0 Å². The van der Waals surface area contributed by atoms with E-state index >= 15 is 0 Å². The highest BCUT2D eigenvalue weighted by Gasteiger charge is 2.19. The third-order valence-electron chi connectivity index (χ3n) is 3.05. The molecule has 2 aromatic rings. The Hall–Kier alpha value is -1.52. The number of hydrogen-bond donors (Lipinski definition) is 1. The lowest BCUT2D eigenvalue weighted by Crippen LogP contribution is -2.32. The van der Waals surface area contributed by atoms with E-state index in [4.69, 9.17) is 11.6 Å². The minimum Gasteiger partial charge on any atom is -0.507 e. The molecule has 110 valence electrons.